The Morgan fingerprint density at radius 2 is 1.88 bits per heavy atom. The minimum Gasteiger partial charge on any atom is -0.495 e. The van der Waals surface area contributed by atoms with Gasteiger partial charge >= 0.3 is 0 Å². The average molecular weight is 448 g/mol. The Kier molecular flexibility index (Phi) is 5.26. The minimum absolute atomic E-state index is 0.0766. The quantitative estimate of drug-likeness (QED) is 0.340. The second-order valence-electron chi connectivity index (χ2n) is 7.44. The Hall–Kier alpha value is -4.20. The second-order valence-corrected chi connectivity index (χ2v) is 7.44. The molecule has 0 spiro atoms. The van der Waals surface area contributed by atoms with Crippen molar-refractivity contribution in [1.29, 1.82) is 0 Å². The number of carbonyl (C=O) groups is 1. The smallest absolute Gasteiger partial charge is 0.224 e. The van der Waals surface area contributed by atoms with Crippen molar-refractivity contribution in [2.75, 3.05) is 12.4 Å². The molecular weight excluding hydrogens is 430 g/mol. The van der Waals surface area contributed by atoms with Gasteiger partial charge in [0.25, 0.3) is 0 Å². The number of methoxy groups -OCH3 is 1. The number of fused-ring (bicyclic) bond motifs is 3. The van der Waals surface area contributed by atoms with Crippen LogP contribution in [0.3, 0.4) is 0 Å². The van der Waals surface area contributed by atoms with E-state index in [9.17, 15) is 13.6 Å². The second kappa shape index (κ2) is 8.38. The molecule has 5 rings (SSSR count). The number of nitrogens with one attached hydrogen (secondary N) is 1. The van der Waals surface area contributed by atoms with E-state index in [-0.39, 0.29) is 36.0 Å². The molecule has 0 aliphatic carbocycles. The van der Waals surface area contributed by atoms with Crippen molar-refractivity contribution in [3.8, 4) is 17.1 Å². The number of ether oxygens (including phenoxy) is 1. The van der Waals surface area contributed by atoms with Crippen molar-refractivity contribution in [2.24, 2.45) is 0 Å². The van der Waals surface area contributed by atoms with E-state index < -0.39 is 11.6 Å². The number of anilines is 1. The number of oxazole rings is 1. The molecule has 0 aliphatic rings. The van der Waals surface area contributed by atoms with E-state index in [0.29, 0.717) is 17.0 Å². The Balaban J connectivity index is 1.30. The van der Waals surface area contributed by atoms with Crippen molar-refractivity contribution >= 4 is 33.5 Å². The summed E-state index contributed by atoms with van der Waals surface area (Å²) in [6, 6.07) is 14.4. The summed E-state index contributed by atoms with van der Waals surface area (Å²) in [4.78, 5) is 16.6. The van der Waals surface area contributed by atoms with Crippen molar-refractivity contribution in [1.82, 2.24) is 4.98 Å². The Labute approximate surface area is 186 Å². The molecule has 0 saturated carbocycles. The van der Waals surface area contributed by atoms with Gasteiger partial charge in [-0.3, -0.25) is 4.79 Å². The van der Waals surface area contributed by atoms with E-state index in [1.54, 1.807) is 6.07 Å². The Bertz CT molecular complexity index is 1490. The summed E-state index contributed by atoms with van der Waals surface area (Å²) in [7, 11) is 1.53. The first-order valence-electron chi connectivity index (χ1n) is 10.2. The zero-order valence-corrected chi connectivity index (χ0v) is 17.5. The number of aryl methyl sites for hydroxylation is 1. The predicted octanol–water partition coefficient (Wildman–Crippen LogP) is 6.10. The van der Waals surface area contributed by atoms with Crippen LogP contribution in [0.1, 0.15) is 12.3 Å². The van der Waals surface area contributed by atoms with E-state index in [2.05, 4.69) is 10.3 Å². The molecule has 1 amide bonds. The number of carbonyl (C=O) groups excluding carboxylic acids is 1. The maximum atomic E-state index is 13.9. The van der Waals surface area contributed by atoms with Crippen LogP contribution in [0.2, 0.25) is 0 Å². The molecule has 3 aromatic carbocycles. The molecule has 33 heavy (non-hydrogen) atoms. The van der Waals surface area contributed by atoms with Crippen LogP contribution >= 0.6 is 0 Å². The lowest BCUT2D eigenvalue weighted by Crippen LogP contribution is -2.13. The van der Waals surface area contributed by atoms with Crippen molar-refractivity contribution < 1.29 is 27.1 Å². The van der Waals surface area contributed by atoms with Gasteiger partial charge in [0.2, 0.25) is 5.91 Å². The van der Waals surface area contributed by atoms with Crippen molar-refractivity contribution in [3.63, 3.8) is 0 Å². The highest BCUT2D eigenvalue weighted by Gasteiger charge is 2.16. The largest absolute Gasteiger partial charge is 0.495 e. The van der Waals surface area contributed by atoms with Crippen molar-refractivity contribution in [2.45, 2.75) is 12.8 Å². The van der Waals surface area contributed by atoms with Gasteiger partial charge in [0, 0.05) is 35.7 Å². The molecule has 0 fully saturated rings. The zero-order valence-electron chi connectivity index (χ0n) is 17.5. The summed E-state index contributed by atoms with van der Waals surface area (Å²) in [6.07, 6.45) is 1.62. The molecule has 1 N–H and O–H groups in total. The monoisotopic (exact) mass is 448 g/mol. The lowest BCUT2D eigenvalue weighted by Gasteiger charge is -2.10. The molecule has 0 atom stereocenters. The number of benzene rings is 3. The fraction of sp³-hybridized carbons (Fsp3) is 0.120. The molecule has 0 radical (unpaired) electrons. The number of nitrogens with zero attached hydrogens (tertiary/aromatic N) is 1. The Morgan fingerprint density at radius 1 is 1.03 bits per heavy atom. The van der Waals surface area contributed by atoms with Gasteiger partial charge in [-0.15, -0.1) is 0 Å². The maximum Gasteiger partial charge on any atom is 0.224 e. The van der Waals surface area contributed by atoms with E-state index in [1.165, 1.54) is 19.4 Å². The van der Waals surface area contributed by atoms with Gasteiger partial charge in [0.1, 0.15) is 28.5 Å². The number of amides is 1. The highest BCUT2D eigenvalue weighted by Crippen LogP contribution is 2.36. The third-order valence-corrected chi connectivity index (χ3v) is 5.29. The summed E-state index contributed by atoms with van der Waals surface area (Å²) in [6.45, 7) is 0. The fourth-order valence-corrected chi connectivity index (χ4v) is 3.69. The summed E-state index contributed by atoms with van der Waals surface area (Å²) < 4.78 is 43.9. The van der Waals surface area contributed by atoms with Gasteiger partial charge in [-0.05, 0) is 24.3 Å². The van der Waals surface area contributed by atoms with E-state index in [0.717, 1.165) is 28.5 Å². The summed E-state index contributed by atoms with van der Waals surface area (Å²) in [5.74, 6) is -0.764. The van der Waals surface area contributed by atoms with Gasteiger partial charge in [-0.25, -0.2) is 13.8 Å². The first-order chi connectivity index (χ1) is 16.0. The van der Waals surface area contributed by atoms with Gasteiger partial charge in [-0.2, -0.15) is 0 Å². The van der Waals surface area contributed by atoms with Crippen LogP contribution < -0.4 is 10.1 Å². The molecule has 8 heteroatoms. The number of hydrogen-bond acceptors (Lipinski definition) is 5. The predicted molar refractivity (Wildman–Crippen MR) is 119 cm³/mol. The summed E-state index contributed by atoms with van der Waals surface area (Å²) in [5, 5.41) is 4.68. The Morgan fingerprint density at radius 3 is 2.70 bits per heavy atom. The number of rotatable bonds is 6. The number of hydrogen-bond donors (Lipinski definition) is 1. The highest BCUT2D eigenvalue weighted by atomic mass is 19.1. The molecule has 166 valence electrons. The molecule has 0 unspecified atom stereocenters. The fourth-order valence-electron chi connectivity index (χ4n) is 3.69. The number of halogens is 2. The van der Waals surface area contributed by atoms with Crippen LogP contribution in [-0.4, -0.2) is 18.0 Å². The first kappa shape index (κ1) is 20.7. The first-order valence-corrected chi connectivity index (χ1v) is 10.2. The van der Waals surface area contributed by atoms with E-state index in [1.807, 2.05) is 30.3 Å². The average Bonchev–Trinajstić information content (AvgIpc) is 3.41. The molecule has 0 aliphatic heterocycles. The molecule has 2 aromatic heterocycles. The SMILES string of the molecule is COc1cc2c(cc1NC(=O)CCc1ncc(-c3ccc(F)cc3F)o1)oc1ccccc12. The normalized spacial score (nSPS) is 11.2. The molecule has 0 saturated heterocycles. The molecule has 6 nitrogen and oxygen atoms in total. The van der Waals surface area contributed by atoms with Gasteiger partial charge in [-0.1, -0.05) is 18.2 Å². The van der Waals surface area contributed by atoms with Crippen LogP contribution in [-0.2, 0) is 11.2 Å². The number of para-hydroxylation sites is 1. The lowest BCUT2D eigenvalue weighted by molar-refractivity contribution is -0.116. The molecule has 0 bridgehead atoms. The van der Waals surface area contributed by atoms with Crippen LogP contribution in [0.25, 0.3) is 33.3 Å². The number of aromatic nitrogens is 1. The molecule has 2 heterocycles. The van der Waals surface area contributed by atoms with Crippen LogP contribution in [0, 0.1) is 11.6 Å². The summed E-state index contributed by atoms with van der Waals surface area (Å²) >= 11 is 0. The van der Waals surface area contributed by atoms with Crippen molar-refractivity contribution in [3.05, 3.63) is 78.3 Å². The molecular formula is C25H18F2N2O4. The molecule has 5 aromatic rings. The highest BCUT2D eigenvalue weighted by molar-refractivity contribution is 6.07. The third kappa shape index (κ3) is 4.03. The van der Waals surface area contributed by atoms with Crippen LogP contribution in [0.5, 0.6) is 5.75 Å². The maximum absolute atomic E-state index is 13.9. The van der Waals surface area contributed by atoms with Gasteiger partial charge in [0.15, 0.2) is 11.7 Å². The third-order valence-electron chi connectivity index (χ3n) is 5.29. The van der Waals surface area contributed by atoms with Crippen LogP contribution in [0.15, 0.2) is 69.6 Å². The standard InChI is InChI=1S/C25H18F2N2O4/c1-31-22-11-17-15-4-2-3-5-20(15)32-21(17)12-19(22)29-24(30)8-9-25-28-13-23(33-25)16-7-6-14(26)10-18(16)27/h2-7,10-13H,8-9H2,1H3,(H,29,30). The lowest BCUT2D eigenvalue weighted by atomic mass is 10.1. The number of furan rings is 1. The van der Waals surface area contributed by atoms with Gasteiger partial charge in [0.05, 0.1) is 24.6 Å². The summed E-state index contributed by atoms with van der Waals surface area (Å²) in [5.41, 5.74) is 1.96. The topological polar surface area (TPSA) is 77.5 Å². The zero-order chi connectivity index (χ0) is 22.9. The van der Waals surface area contributed by atoms with Gasteiger partial charge < -0.3 is 18.9 Å². The van der Waals surface area contributed by atoms with E-state index >= 15 is 0 Å². The van der Waals surface area contributed by atoms with E-state index in [4.69, 9.17) is 13.6 Å². The van der Waals surface area contributed by atoms with Crippen LogP contribution in [0.4, 0.5) is 14.5 Å². The minimum atomic E-state index is -0.747.